The van der Waals surface area contributed by atoms with Crippen LogP contribution in [-0.2, 0) is 0 Å². The molecular formula is C11H15ClOS. The molecule has 1 atom stereocenters. The van der Waals surface area contributed by atoms with Gasteiger partial charge in [0.2, 0.25) is 0 Å². The Morgan fingerprint density at radius 1 is 1.43 bits per heavy atom. The van der Waals surface area contributed by atoms with Gasteiger partial charge in [-0.2, -0.15) is 0 Å². The highest BCUT2D eigenvalue weighted by Gasteiger charge is 2.22. The molecule has 0 radical (unpaired) electrons. The normalized spacial score (nSPS) is 13.3. The maximum atomic E-state index is 11.9. The van der Waals surface area contributed by atoms with Crippen LogP contribution >= 0.6 is 22.9 Å². The maximum Gasteiger partial charge on any atom is 0.177 e. The van der Waals surface area contributed by atoms with E-state index in [0.29, 0.717) is 15.8 Å². The lowest BCUT2D eigenvalue weighted by Gasteiger charge is -2.12. The van der Waals surface area contributed by atoms with Gasteiger partial charge in [0.15, 0.2) is 5.78 Å². The predicted octanol–water partition coefficient (Wildman–Crippen LogP) is 4.18. The summed E-state index contributed by atoms with van der Waals surface area (Å²) >= 11 is 7.49. The molecule has 0 aliphatic rings. The quantitative estimate of drug-likeness (QED) is 0.712. The van der Waals surface area contributed by atoms with Crippen LogP contribution in [0.3, 0.4) is 0 Å². The fourth-order valence-electron chi connectivity index (χ4n) is 1.11. The van der Waals surface area contributed by atoms with Crippen LogP contribution in [0.4, 0.5) is 0 Å². The lowest BCUT2D eigenvalue weighted by atomic mass is 9.93. The first kappa shape index (κ1) is 11.7. The van der Waals surface area contributed by atoms with E-state index in [1.54, 1.807) is 0 Å². The lowest BCUT2D eigenvalue weighted by molar-refractivity contribution is 0.0904. The summed E-state index contributed by atoms with van der Waals surface area (Å²) < 4.78 is 0. The molecule has 3 heteroatoms. The lowest BCUT2D eigenvalue weighted by Crippen LogP contribution is -2.16. The Labute approximate surface area is 94.1 Å². The van der Waals surface area contributed by atoms with Crippen molar-refractivity contribution in [2.24, 2.45) is 11.8 Å². The average Bonchev–Trinajstić information content (AvgIpc) is 2.45. The summed E-state index contributed by atoms with van der Waals surface area (Å²) in [6.07, 6.45) is 0. The minimum absolute atomic E-state index is 0.0468. The van der Waals surface area contributed by atoms with Gasteiger partial charge in [0, 0.05) is 5.92 Å². The molecule has 1 unspecified atom stereocenters. The zero-order chi connectivity index (χ0) is 10.9. The molecule has 78 valence electrons. The fraction of sp³-hybridized carbons (Fsp3) is 0.545. The first-order chi connectivity index (χ1) is 6.45. The van der Waals surface area contributed by atoms with Gasteiger partial charge in [-0.3, -0.25) is 4.79 Å². The zero-order valence-electron chi connectivity index (χ0n) is 8.93. The summed E-state index contributed by atoms with van der Waals surface area (Å²) in [5.41, 5.74) is 0.996. The molecule has 0 N–H and O–H groups in total. The molecule has 0 aliphatic carbocycles. The average molecular weight is 231 g/mol. The van der Waals surface area contributed by atoms with Crippen LogP contribution < -0.4 is 0 Å². The molecule has 0 amide bonds. The number of rotatable bonds is 3. The predicted molar refractivity (Wildman–Crippen MR) is 62.4 cm³/mol. The SMILES string of the molecule is Cc1csc(C(=O)C(C)C(C)C)c1Cl. The van der Waals surface area contributed by atoms with Gasteiger partial charge in [0.25, 0.3) is 0 Å². The molecule has 1 aromatic heterocycles. The van der Waals surface area contributed by atoms with Crippen molar-refractivity contribution >= 4 is 28.7 Å². The molecule has 0 aliphatic heterocycles. The molecular weight excluding hydrogens is 216 g/mol. The van der Waals surface area contributed by atoms with Crippen molar-refractivity contribution in [2.45, 2.75) is 27.7 Å². The maximum absolute atomic E-state index is 11.9. The Kier molecular flexibility index (Phi) is 3.73. The second kappa shape index (κ2) is 4.45. The second-order valence-electron chi connectivity index (χ2n) is 3.96. The van der Waals surface area contributed by atoms with E-state index in [1.807, 2.05) is 19.2 Å². The molecule has 1 nitrogen and oxygen atoms in total. The molecule has 0 aromatic carbocycles. The Bertz CT molecular complexity index is 341. The number of halogens is 1. The second-order valence-corrected chi connectivity index (χ2v) is 5.22. The third kappa shape index (κ3) is 2.18. The van der Waals surface area contributed by atoms with E-state index >= 15 is 0 Å². The summed E-state index contributed by atoms with van der Waals surface area (Å²) in [5, 5.41) is 2.57. The molecule has 0 fully saturated rings. The van der Waals surface area contributed by atoms with Crippen molar-refractivity contribution in [2.75, 3.05) is 0 Å². The minimum Gasteiger partial charge on any atom is -0.293 e. The van der Waals surface area contributed by atoms with Gasteiger partial charge in [0.1, 0.15) is 0 Å². The number of carbonyl (C=O) groups excluding carboxylic acids is 1. The Morgan fingerprint density at radius 2 is 2.00 bits per heavy atom. The van der Waals surface area contributed by atoms with Gasteiger partial charge in [0.05, 0.1) is 9.90 Å². The molecule has 1 rings (SSSR count). The van der Waals surface area contributed by atoms with Crippen LogP contribution in [0.2, 0.25) is 5.02 Å². The highest BCUT2D eigenvalue weighted by Crippen LogP contribution is 2.30. The molecule has 14 heavy (non-hydrogen) atoms. The Hall–Kier alpha value is -0.340. The third-order valence-electron chi connectivity index (χ3n) is 2.54. The molecule has 0 spiro atoms. The first-order valence-electron chi connectivity index (χ1n) is 4.73. The van der Waals surface area contributed by atoms with Crippen molar-refractivity contribution in [3.8, 4) is 0 Å². The van der Waals surface area contributed by atoms with E-state index in [-0.39, 0.29) is 11.7 Å². The highest BCUT2D eigenvalue weighted by atomic mass is 35.5. The van der Waals surface area contributed by atoms with E-state index in [4.69, 9.17) is 11.6 Å². The van der Waals surface area contributed by atoms with Gasteiger partial charge >= 0.3 is 0 Å². The number of Topliss-reactive ketones (excluding diaryl/α,β-unsaturated/α-hetero) is 1. The van der Waals surface area contributed by atoms with Crippen LogP contribution in [-0.4, -0.2) is 5.78 Å². The summed E-state index contributed by atoms with van der Waals surface area (Å²) in [7, 11) is 0. The Morgan fingerprint density at radius 3 is 2.36 bits per heavy atom. The van der Waals surface area contributed by atoms with Gasteiger partial charge in [-0.05, 0) is 23.8 Å². The van der Waals surface area contributed by atoms with Gasteiger partial charge in [-0.1, -0.05) is 32.4 Å². The van der Waals surface area contributed by atoms with Gasteiger partial charge in [-0.25, -0.2) is 0 Å². The summed E-state index contributed by atoms with van der Waals surface area (Å²) in [5.74, 6) is 0.578. The topological polar surface area (TPSA) is 17.1 Å². The van der Waals surface area contributed by atoms with Gasteiger partial charge < -0.3 is 0 Å². The molecule has 0 saturated carbocycles. The fourth-order valence-corrected chi connectivity index (χ4v) is 2.43. The van der Waals surface area contributed by atoms with Crippen molar-refractivity contribution in [3.63, 3.8) is 0 Å². The smallest absolute Gasteiger partial charge is 0.177 e. The van der Waals surface area contributed by atoms with Gasteiger partial charge in [-0.15, -0.1) is 11.3 Å². The summed E-state index contributed by atoms with van der Waals surface area (Å²) in [6, 6.07) is 0. The molecule has 1 heterocycles. The molecule has 1 aromatic rings. The highest BCUT2D eigenvalue weighted by molar-refractivity contribution is 7.13. The van der Waals surface area contributed by atoms with Crippen molar-refractivity contribution < 1.29 is 4.79 Å². The standard InChI is InChI=1S/C11H15ClOS/c1-6(2)8(4)10(13)11-9(12)7(3)5-14-11/h5-6,8H,1-4H3. The number of hydrogen-bond donors (Lipinski definition) is 0. The van der Waals surface area contributed by atoms with E-state index in [1.165, 1.54) is 11.3 Å². The number of ketones is 1. The summed E-state index contributed by atoms with van der Waals surface area (Å²) in [4.78, 5) is 12.7. The first-order valence-corrected chi connectivity index (χ1v) is 5.98. The van der Waals surface area contributed by atoms with Crippen LogP contribution in [0.5, 0.6) is 0 Å². The Balaban J connectivity index is 2.95. The largest absolute Gasteiger partial charge is 0.293 e. The van der Waals surface area contributed by atoms with E-state index in [0.717, 1.165) is 5.56 Å². The minimum atomic E-state index is 0.0468. The number of hydrogen-bond acceptors (Lipinski definition) is 2. The number of thiophene rings is 1. The van der Waals surface area contributed by atoms with Crippen molar-refractivity contribution in [3.05, 3.63) is 20.8 Å². The zero-order valence-corrected chi connectivity index (χ0v) is 10.5. The number of aryl methyl sites for hydroxylation is 1. The summed E-state index contributed by atoms with van der Waals surface area (Å²) in [6.45, 7) is 7.99. The van der Waals surface area contributed by atoms with Crippen LogP contribution in [0.25, 0.3) is 0 Å². The van der Waals surface area contributed by atoms with E-state index in [2.05, 4.69) is 13.8 Å². The van der Waals surface area contributed by atoms with Crippen LogP contribution in [0.1, 0.15) is 36.0 Å². The van der Waals surface area contributed by atoms with Crippen LogP contribution in [0, 0.1) is 18.8 Å². The van der Waals surface area contributed by atoms with E-state index in [9.17, 15) is 4.79 Å². The number of carbonyl (C=O) groups is 1. The van der Waals surface area contributed by atoms with Crippen molar-refractivity contribution in [1.82, 2.24) is 0 Å². The molecule has 0 bridgehead atoms. The monoisotopic (exact) mass is 230 g/mol. The molecule has 0 saturated heterocycles. The van der Waals surface area contributed by atoms with E-state index < -0.39 is 0 Å². The van der Waals surface area contributed by atoms with Crippen molar-refractivity contribution in [1.29, 1.82) is 0 Å². The van der Waals surface area contributed by atoms with Crippen LogP contribution in [0.15, 0.2) is 5.38 Å². The third-order valence-corrected chi connectivity index (χ3v) is 4.25.